The monoisotopic (exact) mass is 390 g/mol. The number of carbonyl (C=O) groups is 2. The number of nitrogens with one attached hydrogen (secondary N) is 1. The Morgan fingerprint density at radius 3 is 2.62 bits per heavy atom. The van der Waals surface area contributed by atoms with Gasteiger partial charge in [0, 0.05) is 24.7 Å². The first-order valence-corrected chi connectivity index (χ1v) is 9.85. The van der Waals surface area contributed by atoms with Gasteiger partial charge in [-0.3, -0.25) is 9.59 Å². The Bertz CT molecular complexity index is 838. The summed E-state index contributed by atoms with van der Waals surface area (Å²) >= 11 is 0. The Labute approximate surface area is 148 Å². The number of benzene rings is 1. The van der Waals surface area contributed by atoms with Crippen LogP contribution in [0.2, 0.25) is 0 Å². The highest BCUT2D eigenvalue weighted by Crippen LogP contribution is 2.31. The fraction of sp³-hybridized carbons (Fsp3) is 0.500. The smallest absolute Gasteiger partial charge is 0.338 e. The maximum atomic E-state index is 12.7. The third-order valence-electron chi connectivity index (χ3n) is 4.64. The van der Waals surface area contributed by atoms with Gasteiger partial charge in [-0.1, -0.05) is 6.07 Å². The zero-order valence-electron chi connectivity index (χ0n) is 13.6. The van der Waals surface area contributed by atoms with Gasteiger partial charge in [-0.25, -0.2) is 8.42 Å². The Morgan fingerprint density at radius 2 is 2.00 bits per heavy atom. The highest BCUT2D eigenvalue weighted by molar-refractivity contribution is 7.91. The maximum Gasteiger partial charge on any atom is 0.416 e. The van der Waals surface area contributed by atoms with Gasteiger partial charge in [-0.2, -0.15) is 13.2 Å². The molecule has 2 aliphatic heterocycles. The second-order valence-corrected chi connectivity index (χ2v) is 8.80. The molecule has 2 heterocycles. The van der Waals surface area contributed by atoms with Gasteiger partial charge in [0.25, 0.3) is 0 Å². The molecule has 26 heavy (non-hydrogen) atoms. The van der Waals surface area contributed by atoms with E-state index in [1.807, 2.05) is 0 Å². The molecule has 1 N–H and O–H groups in total. The maximum absolute atomic E-state index is 12.7. The molecule has 0 saturated carbocycles. The molecular weight excluding hydrogens is 373 g/mol. The first-order valence-electron chi connectivity index (χ1n) is 8.03. The fourth-order valence-corrected chi connectivity index (χ4v) is 5.03. The van der Waals surface area contributed by atoms with Crippen LogP contribution in [0.4, 0.5) is 18.9 Å². The Morgan fingerprint density at radius 1 is 1.27 bits per heavy atom. The van der Waals surface area contributed by atoms with E-state index in [-0.39, 0.29) is 36.1 Å². The summed E-state index contributed by atoms with van der Waals surface area (Å²) in [6, 6.07) is 3.82. The minimum Gasteiger partial charge on any atom is -0.338 e. The van der Waals surface area contributed by atoms with Crippen LogP contribution in [-0.4, -0.2) is 49.2 Å². The van der Waals surface area contributed by atoms with E-state index >= 15 is 0 Å². The summed E-state index contributed by atoms with van der Waals surface area (Å²) in [6.07, 6.45) is -4.26. The van der Waals surface area contributed by atoms with Gasteiger partial charge < -0.3 is 10.2 Å². The van der Waals surface area contributed by atoms with E-state index in [0.29, 0.717) is 6.42 Å². The van der Waals surface area contributed by atoms with Crippen LogP contribution in [0.15, 0.2) is 24.3 Å². The molecule has 0 bridgehead atoms. The van der Waals surface area contributed by atoms with Gasteiger partial charge in [0.1, 0.15) is 0 Å². The number of anilines is 1. The van der Waals surface area contributed by atoms with Gasteiger partial charge in [-0.15, -0.1) is 0 Å². The minimum absolute atomic E-state index is 0.000770. The molecule has 0 aromatic heterocycles. The zero-order chi connectivity index (χ0) is 19.1. The summed E-state index contributed by atoms with van der Waals surface area (Å²) in [7, 11) is -3.16. The molecule has 2 aliphatic rings. The van der Waals surface area contributed by atoms with Crippen LogP contribution >= 0.6 is 0 Å². The van der Waals surface area contributed by atoms with Crippen LogP contribution in [0.5, 0.6) is 0 Å². The Balaban J connectivity index is 1.65. The number of carbonyl (C=O) groups excluding carboxylic acids is 2. The summed E-state index contributed by atoms with van der Waals surface area (Å²) in [4.78, 5) is 25.9. The van der Waals surface area contributed by atoms with Gasteiger partial charge in [-0.05, 0) is 24.6 Å². The van der Waals surface area contributed by atoms with Gasteiger partial charge >= 0.3 is 6.18 Å². The lowest BCUT2D eigenvalue weighted by molar-refractivity contribution is -0.137. The van der Waals surface area contributed by atoms with Crippen molar-refractivity contribution in [2.45, 2.75) is 25.1 Å². The molecule has 3 rings (SSSR count). The van der Waals surface area contributed by atoms with Crippen LogP contribution in [0.1, 0.15) is 18.4 Å². The SMILES string of the molecule is O=C(Nc1cccc(C(F)(F)F)c1)C1CC(=O)N(C2CCS(=O)(=O)C2)C1. The van der Waals surface area contributed by atoms with Crippen molar-refractivity contribution in [3.05, 3.63) is 29.8 Å². The van der Waals surface area contributed by atoms with E-state index in [1.165, 1.54) is 17.0 Å². The topological polar surface area (TPSA) is 83.6 Å². The molecule has 142 valence electrons. The molecule has 2 unspecified atom stereocenters. The van der Waals surface area contributed by atoms with Crippen LogP contribution in [-0.2, 0) is 25.6 Å². The first kappa shape index (κ1) is 18.7. The number of amides is 2. The number of hydrogen-bond donors (Lipinski definition) is 1. The number of alkyl halides is 3. The summed E-state index contributed by atoms with van der Waals surface area (Å²) in [5.74, 6) is -1.68. The van der Waals surface area contributed by atoms with Crippen molar-refractivity contribution in [3.63, 3.8) is 0 Å². The summed E-state index contributed by atoms with van der Waals surface area (Å²) in [5, 5.41) is 2.41. The summed E-state index contributed by atoms with van der Waals surface area (Å²) in [6.45, 7) is 0.0732. The van der Waals surface area contributed by atoms with Crippen molar-refractivity contribution in [1.82, 2.24) is 4.90 Å². The van der Waals surface area contributed by atoms with Crippen LogP contribution in [0, 0.1) is 5.92 Å². The lowest BCUT2D eigenvalue weighted by Crippen LogP contribution is -2.38. The van der Waals surface area contributed by atoms with Crippen molar-refractivity contribution < 1.29 is 31.2 Å². The Hall–Kier alpha value is -2.10. The highest BCUT2D eigenvalue weighted by atomic mass is 32.2. The first-order chi connectivity index (χ1) is 12.0. The van der Waals surface area contributed by atoms with Crippen molar-refractivity contribution in [1.29, 1.82) is 0 Å². The van der Waals surface area contributed by atoms with E-state index in [1.54, 1.807) is 0 Å². The molecule has 0 aliphatic carbocycles. The van der Waals surface area contributed by atoms with Crippen molar-refractivity contribution in [2.24, 2.45) is 5.92 Å². The van der Waals surface area contributed by atoms with Gasteiger partial charge in [0.2, 0.25) is 11.8 Å². The quantitative estimate of drug-likeness (QED) is 0.851. The number of nitrogens with zero attached hydrogens (tertiary/aromatic N) is 1. The van der Waals surface area contributed by atoms with Crippen molar-refractivity contribution in [2.75, 3.05) is 23.4 Å². The number of hydrogen-bond acceptors (Lipinski definition) is 4. The van der Waals surface area contributed by atoms with Crippen molar-refractivity contribution >= 4 is 27.3 Å². The van der Waals surface area contributed by atoms with Gasteiger partial charge in [0.15, 0.2) is 9.84 Å². The van der Waals surface area contributed by atoms with Gasteiger partial charge in [0.05, 0.1) is 23.0 Å². The largest absolute Gasteiger partial charge is 0.416 e. The van der Waals surface area contributed by atoms with E-state index in [2.05, 4.69) is 5.32 Å². The number of halogens is 3. The second kappa shape index (κ2) is 6.57. The third-order valence-corrected chi connectivity index (χ3v) is 6.39. The molecule has 10 heteroatoms. The van der Waals surface area contributed by atoms with E-state index in [0.717, 1.165) is 12.1 Å². The average molecular weight is 390 g/mol. The molecule has 2 fully saturated rings. The third kappa shape index (κ3) is 4.00. The summed E-state index contributed by atoms with van der Waals surface area (Å²) in [5.41, 5.74) is -0.880. The molecule has 2 saturated heterocycles. The molecule has 2 amide bonds. The van der Waals surface area contributed by atoms with Crippen LogP contribution in [0.3, 0.4) is 0 Å². The molecule has 6 nitrogen and oxygen atoms in total. The predicted molar refractivity (Wildman–Crippen MR) is 87.0 cm³/mol. The zero-order valence-corrected chi connectivity index (χ0v) is 14.4. The van der Waals surface area contributed by atoms with Crippen LogP contribution in [0.25, 0.3) is 0 Å². The average Bonchev–Trinajstić information content (AvgIpc) is 3.09. The molecule has 1 aromatic rings. The lowest BCUT2D eigenvalue weighted by Gasteiger charge is -2.23. The normalized spacial score (nSPS) is 25.5. The highest BCUT2D eigenvalue weighted by Gasteiger charge is 2.42. The lowest BCUT2D eigenvalue weighted by atomic mass is 10.1. The molecule has 0 radical (unpaired) electrons. The number of rotatable bonds is 3. The summed E-state index contributed by atoms with van der Waals surface area (Å²) < 4.78 is 61.3. The molecular formula is C16H17F3N2O4S. The fourth-order valence-electron chi connectivity index (χ4n) is 3.30. The second-order valence-electron chi connectivity index (χ2n) is 6.57. The minimum atomic E-state index is -4.52. The van der Waals surface area contributed by atoms with E-state index in [9.17, 15) is 31.2 Å². The van der Waals surface area contributed by atoms with Crippen LogP contribution < -0.4 is 5.32 Å². The van der Waals surface area contributed by atoms with E-state index < -0.39 is 39.4 Å². The van der Waals surface area contributed by atoms with E-state index in [4.69, 9.17) is 0 Å². The predicted octanol–water partition coefficient (Wildman–Crippen LogP) is 1.68. The molecule has 0 spiro atoms. The molecule has 1 aromatic carbocycles. The van der Waals surface area contributed by atoms with Crippen molar-refractivity contribution in [3.8, 4) is 0 Å². The Kier molecular flexibility index (Phi) is 4.72. The molecule has 2 atom stereocenters. The number of sulfone groups is 1. The number of likely N-dealkylation sites (tertiary alicyclic amines) is 1. The standard InChI is InChI=1S/C16H17F3N2O4S/c17-16(18,19)11-2-1-3-12(7-11)20-15(23)10-6-14(22)21(8-10)13-4-5-26(24,25)9-13/h1-3,7,10,13H,4-6,8-9H2,(H,20,23).